The maximum Gasteiger partial charge on any atom is 0.189 e. The lowest BCUT2D eigenvalue weighted by molar-refractivity contribution is 0.103. The number of ketones is 1. The number of hydrogen-bond acceptors (Lipinski definition) is 2. The van der Waals surface area contributed by atoms with Gasteiger partial charge in [-0.25, -0.2) is 0 Å². The minimum Gasteiger partial charge on any atom is -0.289 e. The summed E-state index contributed by atoms with van der Waals surface area (Å²) in [4.78, 5) is 16.8. The predicted octanol–water partition coefficient (Wildman–Crippen LogP) is 4.31. The lowest BCUT2D eigenvalue weighted by Gasteiger charge is -2.07. The van der Waals surface area contributed by atoms with E-state index < -0.39 is 0 Å². The molecule has 1 aromatic heterocycles. The van der Waals surface area contributed by atoms with Crippen molar-refractivity contribution in [2.24, 2.45) is 0 Å². The van der Waals surface area contributed by atoms with Crippen molar-refractivity contribution in [3.8, 4) is 0 Å². The molecule has 2 nitrogen and oxygen atoms in total. The molecule has 1 aliphatic carbocycles. The number of benzene rings is 1. The van der Waals surface area contributed by atoms with Crippen molar-refractivity contribution in [2.75, 3.05) is 0 Å². The second kappa shape index (κ2) is 5.35. The first-order chi connectivity index (χ1) is 9.36. The molecule has 19 heavy (non-hydrogen) atoms. The third-order valence-electron chi connectivity index (χ3n) is 3.76. The van der Waals surface area contributed by atoms with Gasteiger partial charge < -0.3 is 0 Å². The number of aromatic nitrogens is 1. The van der Waals surface area contributed by atoms with Crippen molar-refractivity contribution in [2.45, 2.75) is 32.1 Å². The van der Waals surface area contributed by atoms with Gasteiger partial charge in [0.05, 0.1) is 0 Å². The number of carbonyl (C=O) groups excluding carboxylic acids is 1. The molecule has 2 heteroatoms. The van der Waals surface area contributed by atoms with E-state index in [1.54, 1.807) is 12.4 Å². The van der Waals surface area contributed by atoms with Crippen LogP contribution in [-0.4, -0.2) is 10.8 Å². The predicted molar refractivity (Wildman–Crippen MR) is 77.2 cm³/mol. The van der Waals surface area contributed by atoms with Crippen LogP contribution in [-0.2, 0) is 0 Å². The zero-order chi connectivity index (χ0) is 13.1. The Hall–Kier alpha value is -1.96. The van der Waals surface area contributed by atoms with Gasteiger partial charge in [0.25, 0.3) is 0 Å². The number of allylic oxidation sites excluding steroid dienone is 2. The van der Waals surface area contributed by atoms with Crippen molar-refractivity contribution in [1.82, 2.24) is 4.98 Å². The highest BCUT2D eigenvalue weighted by Gasteiger charge is 2.15. The third-order valence-corrected chi connectivity index (χ3v) is 3.76. The average Bonchev–Trinajstić information content (AvgIpc) is 2.75. The van der Waals surface area contributed by atoms with E-state index in [0.717, 1.165) is 41.2 Å². The Morgan fingerprint density at radius 2 is 2.05 bits per heavy atom. The first-order valence-corrected chi connectivity index (χ1v) is 6.93. The number of rotatable bonds is 2. The van der Waals surface area contributed by atoms with Crippen LogP contribution in [0, 0.1) is 0 Å². The Labute approximate surface area is 113 Å². The van der Waals surface area contributed by atoms with Gasteiger partial charge in [0.15, 0.2) is 5.78 Å². The molecule has 0 radical (unpaired) electrons. The highest BCUT2D eigenvalue weighted by Crippen LogP contribution is 2.25. The summed E-state index contributed by atoms with van der Waals surface area (Å²) >= 11 is 0. The Kier molecular flexibility index (Phi) is 3.41. The molecule has 2 aromatic rings. The maximum atomic E-state index is 12.7. The lowest BCUT2D eigenvalue weighted by atomic mass is 9.96. The molecule has 0 fully saturated rings. The van der Waals surface area contributed by atoms with Crippen molar-refractivity contribution in [3.05, 3.63) is 53.9 Å². The fourth-order valence-corrected chi connectivity index (χ4v) is 2.71. The topological polar surface area (TPSA) is 30.0 Å². The Morgan fingerprint density at radius 3 is 3.00 bits per heavy atom. The summed E-state index contributed by atoms with van der Waals surface area (Å²) < 4.78 is 0. The van der Waals surface area contributed by atoms with Crippen LogP contribution in [0.4, 0.5) is 0 Å². The van der Waals surface area contributed by atoms with Crippen LogP contribution >= 0.6 is 0 Å². The number of fused-ring (bicyclic) bond motifs is 1. The van der Waals surface area contributed by atoms with E-state index in [2.05, 4.69) is 11.1 Å². The van der Waals surface area contributed by atoms with Crippen LogP contribution in [0.5, 0.6) is 0 Å². The number of nitrogens with zero attached hydrogens (tertiary/aromatic N) is 1. The summed E-state index contributed by atoms with van der Waals surface area (Å²) in [7, 11) is 0. The van der Waals surface area contributed by atoms with Crippen LogP contribution in [0.25, 0.3) is 10.8 Å². The molecule has 0 unspecified atom stereocenters. The second-order valence-corrected chi connectivity index (χ2v) is 5.06. The molecule has 1 heterocycles. The van der Waals surface area contributed by atoms with Crippen LogP contribution in [0.15, 0.2) is 48.3 Å². The van der Waals surface area contributed by atoms with Crippen molar-refractivity contribution in [1.29, 1.82) is 0 Å². The zero-order valence-corrected chi connectivity index (χ0v) is 10.9. The van der Waals surface area contributed by atoms with Gasteiger partial charge in [0, 0.05) is 23.3 Å². The van der Waals surface area contributed by atoms with Gasteiger partial charge in [-0.1, -0.05) is 30.7 Å². The summed E-state index contributed by atoms with van der Waals surface area (Å²) in [6.45, 7) is 0. The minimum absolute atomic E-state index is 0.181. The Morgan fingerprint density at radius 1 is 1.11 bits per heavy atom. The Bertz CT molecular complexity index is 637. The molecule has 0 saturated carbocycles. The highest BCUT2D eigenvalue weighted by molar-refractivity contribution is 6.16. The molecule has 0 N–H and O–H groups in total. The second-order valence-electron chi connectivity index (χ2n) is 5.06. The third kappa shape index (κ3) is 2.43. The number of hydrogen-bond donors (Lipinski definition) is 0. The van der Waals surface area contributed by atoms with Gasteiger partial charge in [0.2, 0.25) is 0 Å². The van der Waals surface area contributed by atoms with Gasteiger partial charge in [-0.05, 0) is 42.7 Å². The summed E-state index contributed by atoms with van der Waals surface area (Å²) in [5.74, 6) is 0.181. The minimum atomic E-state index is 0.181. The summed E-state index contributed by atoms with van der Waals surface area (Å²) in [6, 6.07) is 7.84. The Balaban J connectivity index is 2.04. The highest BCUT2D eigenvalue weighted by atomic mass is 16.1. The van der Waals surface area contributed by atoms with Crippen LogP contribution in [0.1, 0.15) is 42.5 Å². The van der Waals surface area contributed by atoms with Crippen LogP contribution in [0.3, 0.4) is 0 Å². The molecular weight excluding hydrogens is 234 g/mol. The maximum absolute atomic E-state index is 12.7. The van der Waals surface area contributed by atoms with E-state index >= 15 is 0 Å². The van der Waals surface area contributed by atoms with Crippen LogP contribution in [0.2, 0.25) is 0 Å². The molecule has 0 atom stereocenters. The average molecular weight is 251 g/mol. The lowest BCUT2D eigenvalue weighted by Crippen LogP contribution is -2.04. The molecule has 0 spiro atoms. The quantitative estimate of drug-likeness (QED) is 0.744. The molecular formula is C17H17NO. The van der Waals surface area contributed by atoms with Crippen LogP contribution < -0.4 is 0 Å². The normalized spacial score (nSPS) is 15.9. The van der Waals surface area contributed by atoms with E-state index in [1.165, 1.54) is 12.8 Å². The van der Waals surface area contributed by atoms with Gasteiger partial charge in [-0.15, -0.1) is 0 Å². The smallest absolute Gasteiger partial charge is 0.189 e. The monoisotopic (exact) mass is 251 g/mol. The molecule has 1 aromatic carbocycles. The van der Waals surface area contributed by atoms with Gasteiger partial charge in [-0.3, -0.25) is 9.78 Å². The van der Waals surface area contributed by atoms with Crippen molar-refractivity contribution < 1.29 is 4.79 Å². The van der Waals surface area contributed by atoms with Gasteiger partial charge in [0.1, 0.15) is 0 Å². The molecule has 0 saturated heterocycles. The fourth-order valence-electron chi connectivity index (χ4n) is 2.71. The molecule has 0 amide bonds. The molecule has 3 rings (SSSR count). The largest absolute Gasteiger partial charge is 0.289 e. The standard InChI is InChI=1S/C17H17NO/c19-17(14-6-3-1-2-4-7-14)15-9-5-8-13-10-11-18-12-16(13)15/h5-6,8-12H,1-4,7H2. The molecule has 0 aliphatic heterocycles. The molecule has 0 bridgehead atoms. The first kappa shape index (κ1) is 12.1. The summed E-state index contributed by atoms with van der Waals surface area (Å²) in [5, 5.41) is 2.04. The fraction of sp³-hybridized carbons (Fsp3) is 0.294. The number of pyridine rings is 1. The summed E-state index contributed by atoms with van der Waals surface area (Å²) in [6.07, 6.45) is 11.2. The van der Waals surface area contributed by atoms with E-state index in [4.69, 9.17) is 0 Å². The molecule has 96 valence electrons. The molecule has 1 aliphatic rings. The van der Waals surface area contributed by atoms with E-state index in [9.17, 15) is 4.79 Å². The first-order valence-electron chi connectivity index (χ1n) is 6.93. The SMILES string of the molecule is O=C(C1=CCCCCC1)c1cccc2ccncc12. The van der Waals surface area contributed by atoms with Gasteiger partial charge in [-0.2, -0.15) is 0 Å². The van der Waals surface area contributed by atoms with Crippen molar-refractivity contribution in [3.63, 3.8) is 0 Å². The number of carbonyl (C=O) groups is 1. The van der Waals surface area contributed by atoms with E-state index in [1.807, 2.05) is 24.3 Å². The zero-order valence-electron chi connectivity index (χ0n) is 10.9. The van der Waals surface area contributed by atoms with Crippen molar-refractivity contribution >= 4 is 16.6 Å². The van der Waals surface area contributed by atoms with Gasteiger partial charge >= 0.3 is 0 Å². The van der Waals surface area contributed by atoms with E-state index in [0.29, 0.717) is 0 Å². The summed E-state index contributed by atoms with van der Waals surface area (Å²) in [5.41, 5.74) is 1.77. The number of Topliss-reactive ketones (excluding diaryl/α,β-unsaturated/α-hetero) is 1. The van der Waals surface area contributed by atoms with E-state index in [-0.39, 0.29) is 5.78 Å².